The molecule has 29 heavy (non-hydrogen) atoms. The van der Waals surface area contributed by atoms with Gasteiger partial charge in [-0.25, -0.2) is 4.98 Å². The van der Waals surface area contributed by atoms with Crippen LogP contribution >= 0.6 is 0 Å². The first-order valence-corrected chi connectivity index (χ1v) is 10.4. The number of nitrogens with zero attached hydrogens (tertiary/aromatic N) is 5. The normalized spacial score (nSPS) is 25.3. The van der Waals surface area contributed by atoms with Crippen LogP contribution in [-0.4, -0.2) is 57.1 Å². The second kappa shape index (κ2) is 7.94. The van der Waals surface area contributed by atoms with Crippen molar-refractivity contribution in [2.45, 2.75) is 50.7 Å². The average molecular weight is 394 g/mol. The van der Waals surface area contributed by atoms with Gasteiger partial charge in [0.2, 0.25) is 5.88 Å². The molecule has 4 heterocycles. The number of aromatic amines is 1. The molecule has 3 aromatic heterocycles. The standard InChI is InChI=1S/C21H26N6O2/c1-14-12-28-10-9-27(14)19-11-18-17(3-2-8-22-18)21(25-19)29-16-6-4-15(5-7-16)20-23-13-24-26-20/h2-3,8,11,13-16H,4-7,9-10,12H2,1H3,(H,23,24,26). The second-order valence-corrected chi connectivity index (χ2v) is 7.94. The van der Waals surface area contributed by atoms with Gasteiger partial charge in [0.1, 0.15) is 24.1 Å². The zero-order valence-electron chi connectivity index (χ0n) is 16.6. The Bertz CT molecular complexity index is 955. The molecule has 152 valence electrons. The van der Waals surface area contributed by atoms with E-state index in [4.69, 9.17) is 14.5 Å². The van der Waals surface area contributed by atoms with Crippen molar-refractivity contribution in [1.29, 1.82) is 0 Å². The highest BCUT2D eigenvalue weighted by atomic mass is 16.5. The molecule has 8 heteroatoms. The SMILES string of the molecule is CC1COCCN1c1cc2ncccc2c(OC2CCC(c3ncn[nH]3)CC2)n1. The number of rotatable bonds is 4. The highest BCUT2D eigenvalue weighted by Gasteiger charge is 2.27. The lowest BCUT2D eigenvalue weighted by Crippen LogP contribution is -2.44. The Hall–Kier alpha value is -2.74. The van der Waals surface area contributed by atoms with Gasteiger partial charge in [-0.2, -0.15) is 10.1 Å². The molecular formula is C21H26N6O2. The summed E-state index contributed by atoms with van der Waals surface area (Å²) in [5.41, 5.74) is 0.918. The summed E-state index contributed by atoms with van der Waals surface area (Å²) >= 11 is 0. The van der Waals surface area contributed by atoms with Crippen LogP contribution in [0, 0.1) is 0 Å². The largest absolute Gasteiger partial charge is 0.474 e. The van der Waals surface area contributed by atoms with E-state index < -0.39 is 0 Å². The van der Waals surface area contributed by atoms with Crippen LogP contribution in [0.3, 0.4) is 0 Å². The van der Waals surface area contributed by atoms with E-state index in [1.54, 1.807) is 6.33 Å². The van der Waals surface area contributed by atoms with Crippen LogP contribution in [-0.2, 0) is 4.74 Å². The van der Waals surface area contributed by atoms with Crippen molar-refractivity contribution in [3.8, 4) is 5.88 Å². The molecular weight excluding hydrogens is 368 g/mol. The molecule has 8 nitrogen and oxygen atoms in total. The lowest BCUT2D eigenvalue weighted by molar-refractivity contribution is 0.0982. The van der Waals surface area contributed by atoms with Crippen LogP contribution in [0.1, 0.15) is 44.3 Å². The maximum Gasteiger partial charge on any atom is 0.225 e. The lowest BCUT2D eigenvalue weighted by Gasteiger charge is -2.34. The Labute approximate surface area is 169 Å². The molecule has 1 aliphatic heterocycles. The Morgan fingerprint density at radius 2 is 2.10 bits per heavy atom. The van der Waals surface area contributed by atoms with Crippen LogP contribution < -0.4 is 9.64 Å². The highest BCUT2D eigenvalue weighted by Crippen LogP contribution is 2.35. The fourth-order valence-corrected chi connectivity index (χ4v) is 4.36. The Balaban J connectivity index is 1.37. The average Bonchev–Trinajstić information content (AvgIpc) is 3.29. The van der Waals surface area contributed by atoms with Gasteiger partial charge in [0.25, 0.3) is 0 Å². The van der Waals surface area contributed by atoms with Gasteiger partial charge < -0.3 is 14.4 Å². The molecule has 1 unspecified atom stereocenters. The quantitative estimate of drug-likeness (QED) is 0.727. The number of hydrogen-bond donors (Lipinski definition) is 1. The molecule has 5 rings (SSSR count). The van der Waals surface area contributed by atoms with E-state index in [2.05, 4.69) is 38.1 Å². The minimum atomic E-state index is 0.155. The number of aromatic nitrogens is 5. The second-order valence-electron chi connectivity index (χ2n) is 7.94. The van der Waals surface area contributed by atoms with Gasteiger partial charge in [-0.1, -0.05) is 0 Å². The third-order valence-electron chi connectivity index (χ3n) is 5.99. The number of morpholine rings is 1. The summed E-state index contributed by atoms with van der Waals surface area (Å²) in [5.74, 6) is 3.02. The molecule has 2 fully saturated rings. The van der Waals surface area contributed by atoms with Gasteiger partial charge in [-0.05, 0) is 44.7 Å². The number of pyridine rings is 2. The van der Waals surface area contributed by atoms with Crippen molar-refractivity contribution in [2.24, 2.45) is 0 Å². The molecule has 0 bridgehead atoms. The van der Waals surface area contributed by atoms with Gasteiger partial charge >= 0.3 is 0 Å². The van der Waals surface area contributed by atoms with Crippen LogP contribution in [0.25, 0.3) is 10.9 Å². The minimum Gasteiger partial charge on any atom is -0.474 e. The Kier molecular flexibility index (Phi) is 5.01. The number of ether oxygens (including phenoxy) is 2. The maximum absolute atomic E-state index is 6.45. The third-order valence-corrected chi connectivity index (χ3v) is 5.99. The first-order chi connectivity index (χ1) is 14.3. The van der Waals surface area contributed by atoms with Crippen molar-refractivity contribution in [3.63, 3.8) is 0 Å². The predicted molar refractivity (Wildman–Crippen MR) is 109 cm³/mol. The predicted octanol–water partition coefficient (Wildman–Crippen LogP) is 3.08. The molecule has 0 spiro atoms. The van der Waals surface area contributed by atoms with Gasteiger partial charge in [0.15, 0.2) is 0 Å². The van der Waals surface area contributed by atoms with Gasteiger partial charge in [0.05, 0.1) is 30.2 Å². The van der Waals surface area contributed by atoms with Gasteiger partial charge in [-0.3, -0.25) is 10.1 Å². The molecule has 1 N–H and O–H groups in total. The number of anilines is 1. The van der Waals surface area contributed by atoms with Gasteiger partial charge in [0, 0.05) is 24.7 Å². The highest BCUT2D eigenvalue weighted by molar-refractivity contribution is 5.85. The van der Waals surface area contributed by atoms with Crippen molar-refractivity contribution >= 4 is 16.7 Å². The molecule has 1 aliphatic carbocycles. The van der Waals surface area contributed by atoms with Crippen LogP contribution in [0.4, 0.5) is 5.82 Å². The molecule has 0 radical (unpaired) electrons. The Morgan fingerprint density at radius 3 is 2.90 bits per heavy atom. The maximum atomic E-state index is 6.45. The zero-order chi connectivity index (χ0) is 19.6. The number of H-pyrrole nitrogens is 1. The molecule has 3 aromatic rings. The van der Waals surface area contributed by atoms with Crippen molar-refractivity contribution in [3.05, 3.63) is 36.5 Å². The first kappa shape index (κ1) is 18.3. The molecule has 0 amide bonds. The monoisotopic (exact) mass is 394 g/mol. The van der Waals surface area contributed by atoms with E-state index in [1.165, 1.54) is 0 Å². The zero-order valence-corrected chi connectivity index (χ0v) is 16.6. The summed E-state index contributed by atoms with van der Waals surface area (Å²) in [5, 5.41) is 7.95. The first-order valence-electron chi connectivity index (χ1n) is 10.4. The smallest absolute Gasteiger partial charge is 0.225 e. The van der Waals surface area contributed by atoms with E-state index >= 15 is 0 Å². The van der Waals surface area contributed by atoms with Crippen molar-refractivity contribution < 1.29 is 9.47 Å². The fourth-order valence-electron chi connectivity index (χ4n) is 4.36. The van der Waals surface area contributed by atoms with E-state index in [1.807, 2.05) is 18.3 Å². The lowest BCUT2D eigenvalue weighted by atomic mass is 9.87. The van der Waals surface area contributed by atoms with Crippen molar-refractivity contribution in [2.75, 3.05) is 24.7 Å². The van der Waals surface area contributed by atoms with Crippen molar-refractivity contribution in [1.82, 2.24) is 25.1 Å². The summed E-state index contributed by atoms with van der Waals surface area (Å²) in [6.07, 6.45) is 7.59. The number of hydrogen-bond acceptors (Lipinski definition) is 7. The summed E-state index contributed by atoms with van der Waals surface area (Å²) in [7, 11) is 0. The summed E-state index contributed by atoms with van der Waals surface area (Å²) in [6.45, 7) is 4.42. The number of fused-ring (bicyclic) bond motifs is 1. The summed E-state index contributed by atoms with van der Waals surface area (Å²) in [6, 6.07) is 6.32. The van der Waals surface area contributed by atoms with Gasteiger partial charge in [-0.15, -0.1) is 0 Å². The molecule has 1 atom stereocenters. The minimum absolute atomic E-state index is 0.155. The molecule has 0 aromatic carbocycles. The van der Waals surface area contributed by atoms with E-state index in [-0.39, 0.29) is 12.1 Å². The Morgan fingerprint density at radius 1 is 1.21 bits per heavy atom. The van der Waals surface area contributed by atoms with E-state index in [9.17, 15) is 0 Å². The molecule has 1 saturated heterocycles. The number of nitrogens with one attached hydrogen (secondary N) is 1. The molecule has 2 aliphatic rings. The fraction of sp³-hybridized carbons (Fsp3) is 0.524. The summed E-state index contributed by atoms with van der Waals surface area (Å²) < 4.78 is 12.0. The topological polar surface area (TPSA) is 89.0 Å². The van der Waals surface area contributed by atoms with E-state index in [0.717, 1.165) is 54.8 Å². The van der Waals surface area contributed by atoms with Crippen LogP contribution in [0.5, 0.6) is 5.88 Å². The summed E-state index contributed by atoms with van der Waals surface area (Å²) in [4.78, 5) is 16.1. The molecule has 1 saturated carbocycles. The van der Waals surface area contributed by atoms with Crippen LogP contribution in [0.15, 0.2) is 30.7 Å². The van der Waals surface area contributed by atoms with E-state index in [0.29, 0.717) is 25.0 Å². The van der Waals surface area contributed by atoms with Crippen LogP contribution in [0.2, 0.25) is 0 Å². The third kappa shape index (κ3) is 3.76.